The second-order valence-corrected chi connectivity index (χ2v) is 6.98. The standard InChI is InChI=1S/C15H10BrCl3N2/c1-8(17)15-20-12-4-2-3-11(19)14(12)21(15)13-7-9(18)5-6-10(13)16/h2-8H,1H3. The normalized spacial score (nSPS) is 12.8. The van der Waals surface area contributed by atoms with E-state index in [4.69, 9.17) is 34.8 Å². The Balaban J connectivity index is 2.44. The van der Waals surface area contributed by atoms with E-state index in [1.807, 2.05) is 47.9 Å². The number of hydrogen-bond acceptors (Lipinski definition) is 1. The number of para-hydroxylation sites is 1. The SMILES string of the molecule is CC(Cl)c1nc2cccc(Cl)c2n1-c1cc(Cl)ccc1Br. The van der Waals surface area contributed by atoms with Crippen molar-refractivity contribution < 1.29 is 0 Å². The molecular weight excluding hydrogens is 394 g/mol. The van der Waals surface area contributed by atoms with Crippen molar-refractivity contribution in [1.82, 2.24) is 9.55 Å². The number of hydrogen-bond donors (Lipinski definition) is 0. The van der Waals surface area contributed by atoms with Crippen molar-refractivity contribution in [2.45, 2.75) is 12.3 Å². The Hall–Kier alpha value is -0.740. The Bertz CT molecular complexity index is 827. The van der Waals surface area contributed by atoms with Crippen LogP contribution >= 0.6 is 50.7 Å². The highest BCUT2D eigenvalue weighted by molar-refractivity contribution is 9.10. The van der Waals surface area contributed by atoms with Crippen LogP contribution in [0, 0.1) is 0 Å². The molecule has 0 amide bonds. The highest BCUT2D eigenvalue weighted by Gasteiger charge is 2.19. The minimum absolute atomic E-state index is 0.264. The van der Waals surface area contributed by atoms with Gasteiger partial charge in [0.1, 0.15) is 5.82 Å². The molecule has 0 radical (unpaired) electrons. The third-order valence-corrected chi connectivity index (χ3v) is 4.56. The number of aromatic nitrogens is 2. The Labute approximate surface area is 145 Å². The van der Waals surface area contributed by atoms with Crippen LogP contribution < -0.4 is 0 Å². The molecule has 1 aromatic heterocycles. The third-order valence-electron chi connectivity index (χ3n) is 3.16. The predicted octanol–water partition coefficient (Wildman–Crippen LogP) is 6.39. The van der Waals surface area contributed by atoms with Crippen molar-refractivity contribution in [1.29, 1.82) is 0 Å². The van der Waals surface area contributed by atoms with Gasteiger partial charge in [-0.05, 0) is 53.2 Å². The van der Waals surface area contributed by atoms with Gasteiger partial charge in [0.25, 0.3) is 0 Å². The predicted molar refractivity (Wildman–Crippen MR) is 93.1 cm³/mol. The monoisotopic (exact) mass is 402 g/mol. The summed E-state index contributed by atoms with van der Waals surface area (Å²) in [6, 6.07) is 11.2. The summed E-state index contributed by atoms with van der Waals surface area (Å²) in [5, 5.41) is 0.991. The quantitative estimate of drug-likeness (QED) is 0.452. The molecule has 21 heavy (non-hydrogen) atoms. The maximum Gasteiger partial charge on any atom is 0.132 e. The van der Waals surface area contributed by atoms with Crippen molar-refractivity contribution in [2.24, 2.45) is 0 Å². The molecule has 0 fully saturated rings. The van der Waals surface area contributed by atoms with Crippen molar-refractivity contribution in [2.75, 3.05) is 0 Å². The average molecular weight is 405 g/mol. The van der Waals surface area contributed by atoms with Gasteiger partial charge in [-0.25, -0.2) is 4.98 Å². The maximum atomic E-state index is 6.37. The molecular formula is C15H10BrCl3N2. The number of halogens is 4. The molecule has 6 heteroatoms. The first kappa shape index (κ1) is 15.2. The lowest BCUT2D eigenvalue weighted by atomic mass is 10.2. The number of benzene rings is 2. The smallest absolute Gasteiger partial charge is 0.132 e. The van der Waals surface area contributed by atoms with Gasteiger partial charge in [0.2, 0.25) is 0 Å². The second-order valence-electron chi connectivity index (χ2n) is 4.62. The molecule has 0 aliphatic carbocycles. The molecule has 0 aliphatic heterocycles. The topological polar surface area (TPSA) is 17.8 Å². The highest BCUT2D eigenvalue weighted by Crippen LogP contribution is 2.35. The van der Waals surface area contributed by atoms with E-state index in [-0.39, 0.29) is 5.38 Å². The molecule has 0 bridgehead atoms. The fraction of sp³-hybridized carbons (Fsp3) is 0.133. The summed E-state index contributed by atoms with van der Waals surface area (Å²) in [4.78, 5) is 4.60. The summed E-state index contributed by atoms with van der Waals surface area (Å²) in [7, 11) is 0. The van der Waals surface area contributed by atoms with E-state index >= 15 is 0 Å². The molecule has 0 saturated heterocycles. The summed E-state index contributed by atoms with van der Waals surface area (Å²) < 4.78 is 2.84. The van der Waals surface area contributed by atoms with Crippen molar-refractivity contribution >= 4 is 61.8 Å². The lowest BCUT2D eigenvalue weighted by Crippen LogP contribution is -2.03. The molecule has 0 N–H and O–H groups in total. The van der Waals surface area contributed by atoms with Gasteiger partial charge in [0.15, 0.2) is 0 Å². The van der Waals surface area contributed by atoms with Crippen LogP contribution in [0.25, 0.3) is 16.7 Å². The van der Waals surface area contributed by atoms with Gasteiger partial charge in [-0.15, -0.1) is 11.6 Å². The molecule has 1 atom stereocenters. The van der Waals surface area contributed by atoms with Crippen LogP contribution in [0.4, 0.5) is 0 Å². The summed E-state index contributed by atoms with van der Waals surface area (Å²) in [6.07, 6.45) is 0. The van der Waals surface area contributed by atoms with Crippen LogP contribution in [0.1, 0.15) is 18.1 Å². The van der Waals surface area contributed by atoms with E-state index in [1.54, 1.807) is 0 Å². The lowest BCUT2D eigenvalue weighted by Gasteiger charge is -2.13. The fourth-order valence-electron chi connectivity index (χ4n) is 2.27. The van der Waals surface area contributed by atoms with E-state index in [1.165, 1.54) is 0 Å². The summed E-state index contributed by atoms with van der Waals surface area (Å²) >= 11 is 22.4. The molecule has 1 heterocycles. The maximum absolute atomic E-state index is 6.37. The average Bonchev–Trinajstić information content (AvgIpc) is 2.82. The van der Waals surface area contributed by atoms with Gasteiger partial charge >= 0.3 is 0 Å². The summed E-state index contributed by atoms with van der Waals surface area (Å²) in [5.41, 5.74) is 2.49. The minimum Gasteiger partial charge on any atom is -0.292 e. The largest absolute Gasteiger partial charge is 0.292 e. The molecule has 3 aromatic rings. The molecule has 3 rings (SSSR count). The Morgan fingerprint density at radius 3 is 2.67 bits per heavy atom. The molecule has 0 aliphatic rings. The second kappa shape index (κ2) is 5.81. The molecule has 2 nitrogen and oxygen atoms in total. The highest BCUT2D eigenvalue weighted by atomic mass is 79.9. The number of alkyl halides is 1. The van der Waals surface area contributed by atoms with Crippen LogP contribution in [0.2, 0.25) is 10.0 Å². The Morgan fingerprint density at radius 1 is 1.19 bits per heavy atom. The zero-order valence-electron chi connectivity index (χ0n) is 10.9. The van der Waals surface area contributed by atoms with Gasteiger partial charge < -0.3 is 0 Å². The number of imidazole rings is 1. The van der Waals surface area contributed by atoms with Gasteiger partial charge in [-0.1, -0.05) is 29.3 Å². The molecule has 0 saturated carbocycles. The van der Waals surface area contributed by atoms with Crippen molar-refractivity contribution in [3.8, 4) is 5.69 Å². The van der Waals surface area contributed by atoms with E-state index in [2.05, 4.69) is 20.9 Å². The number of rotatable bonds is 2. The fourth-order valence-corrected chi connectivity index (χ4v) is 3.26. The van der Waals surface area contributed by atoms with Crippen LogP contribution in [-0.2, 0) is 0 Å². The van der Waals surface area contributed by atoms with Crippen molar-refractivity contribution in [3.05, 3.63) is 56.7 Å². The zero-order valence-corrected chi connectivity index (χ0v) is 14.8. The molecule has 108 valence electrons. The Kier molecular flexibility index (Phi) is 4.19. The summed E-state index contributed by atoms with van der Waals surface area (Å²) in [5.74, 6) is 0.725. The first-order valence-electron chi connectivity index (χ1n) is 6.25. The van der Waals surface area contributed by atoms with Crippen molar-refractivity contribution in [3.63, 3.8) is 0 Å². The van der Waals surface area contributed by atoms with E-state index in [0.29, 0.717) is 10.0 Å². The summed E-state index contributed by atoms with van der Waals surface area (Å²) in [6.45, 7) is 1.88. The van der Waals surface area contributed by atoms with Gasteiger partial charge in [-0.2, -0.15) is 0 Å². The van der Waals surface area contributed by atoms with E-state index in [0.717, 1.165) is 27.0 Å². The zero-order chi connectivity index (χ0) is 15.1. The van der Waals surface area contributed by atoms with Crippen LogP contribution in [0.3, 0.4) is 0 Å². The Morgan fingerprint density at radius 2 is 1.95 bits per heavy atom. The lowest BCUT2D eigenvalue weighted by molar-refractivity contribution is 0.880. The molecule has 1 unspecified atom stereocenters. The van der Waals surface area contributed by atoms with E-state index < -0.39 is 0 Å². The van der Waals surface area contributed by atoms with Gasteiger partial charge in [-0.3, -0.25) is 4.57 Å². The molecule has 0 spiro atoms. The third kappa shape index (κ3) is 2.68. The van der Waals surface area contributed by atoms with Gasteiger partial charge in [0, 0.05) is 9.50 Å². The van der Waals surface area contributed by atoms with Crippen LogP contribution in [0.15, 0.2) is 40.9 Å². The van der Waals surface area contributed by atoms with Crippen LogP contribution in [0.5, 0.6) is 0 Å². The number of nitrogens with zero attached hydrogens (tertiary/aromatic N) is 2. The molecule has 2 aromatic carbocycles. The van der Waals surface area contributed by atoms with E-state index in [9.17, 15) is 0 Å². The first-order chi connectivity index (χ1) is 9.99. The van der Waals surface area contributed by atoms with Crippen LogP contribution in [-0.4, -0.2) is 9.55 Å². The first-order valence-corrected chi connectivity index (χ1v) is 8.24. The van der Waals surface area contributed by atoms with Gasteiger partial charge in [0.05, 0.1) is 27.1 Å². The minimum atomic E-state index is -0.264. The number of fused-ring (bicyclic) bond motifs is 1.